The number of rotatable bonds is 15. The highest BCUT2D eigenvalue weighted by Crippen LogP contribution is 2.38. The molecule has 0 heterocycles. The smallest absolute Gasteiger partial charge is 0.119 e. The van der Waals surface area contributed by atoms with E-state index in [0.29, 0.717) is 0 Å². The molecule has 62 heavy (non-hydrogen) atoms. The van der Waals surface area contributed by atoms with E-state index in [2.05, 4.69) is 180 Å². The molecule has 0 saturated carbocycles. The van der Waals surface area contributed by atoms with E-state index in [4.69, 9.17) is 18.9 Å². The molecule has 0 aliphatic rings. The predicted molar refractivity (Wildman–Crippen MR) is 258 cm³/mol. The number of hydrogen-bond acceptors (Lipinski definition) is 6. The monoisotopic (exact) mass is 812 g/mol. The first-order chi connectivity index (χ1) is 30.5. The average Bonchev–Trinajstić information content (AvgIpc) is 3.35. The van der Waals surface area contributed by atoms with Crippen LogP contribution in [0.15, 0.2) is 194 Å². The first kappa shape index (κ1) is 40.8. The molecule has 8 aromatic rings. The molecule has 0 fully saturated rings. The van der Waals surface area contributed by atoms with Crippen LogP contribution in [0.3, 0.4) is 0 Å². The Kier molecular flexibility index (Phi) is 12.8. The third-order valence-corrected chi connectivity index (χ3v) is 10.7. The van der Waals surface area contributed by atoms with Crippen LogP contribution in [0.2, 0.25) is 0 Å². The summed E-state index contributed by atoms with van der Waals surface area (Å²) >= 11 is 0. The molecule has 8 aromatic carbocycles. The predicted octanol–water partition coefficient (Wildman–Crippen LogP) is 14.7. The summed E-state index contributed by atoms with van der Waals surface area (Å²) < 4.78 is 21.6. The largest absolute Gasteiger partial charge is 0.497 e. The molecule has 0 amide bonds. The molecule has 0 radical (unpaired) electrons. The SMILES string of the molecule is COc1ccc(N(c2ccc(C=Cc3ccc(-c4ccc(/C=C/c5ccc(N(c6ccc(OC)cc6)c6ccc(OC)cc6)cc5)cc4)cc3)cc2)c2ccc(OC)cc2)cc1. The van der Waals surface area contributed by atoms with E-state index in [-0.39, 0.29) is 0 Å². The van der Waals surface area contributed by atoms with Crippen LogP contribution in [0, 0.1) is 0 Å². The molecule has 0 aliphatic heterocycles. The second kappa shape index (κ2) is 19.4. The van der Waals surface area contributed by atoms with Gasteiger partial charge in [-0.3, -0.25) is 0 Å². The summed E-state index contributed by atoms with van der Waals surface area (Å²) in [4.78, 5) is 4.44. The highest BCUT2D eigenvalue weighted by Gasteiger charge is 2.14. The normalized spacial score (nSPS) is 11.1. The lowest BCUT2D eigenvalue weighted by Crippen LogP contribution is -2.09. The van der Waals surface area contributed by atoms with Crippen LogP contribution in [0.1, 0.15) is 22.3 Å². The van der Waals surface area contributed by atoms with Crippen molar-refractivity contribution in [3.05, 3.63) is 216 Å². The summed E-state index contributed by atoms with van der Waals surface area (Å²) in [6.07, 6.45) is 8.60. The van der Waals surface area contributed by atoms with Crippen molar-refractivity contribution in [2.24, 2.45) is 0 Å². The summed E-state index contributed by atoms with van der Waals surface area (Å²) in [6, 6.07) is 66.9. The summed E-state index contributed by atoms with van der Waals surface area (Å²) in [7, 11) is 6.72. The van der Waals surface area contributed by atoms with Crippen molar-refractivity contribution in [1.29, 1.82) is 0 Å². The Bertz CT molecular complexity index is 2420. The van der Waals surface area contributed by atoms with E-state index >= 15 is 0 Å². The van der Waals surface area contributed by atoms with Crippen molar-refractivity contribution in [3.63, 3.8) is 0 Å². The fourth-order valence-corrected chi connectivity index (χ4v) is 7.25. The molecule has 0 saturated heterocycles. The standard InChI is InChI=1S/C56H48N2O4/c1-59-53-33-25-49(26-34-53)57(50-27-35-54(60-2)36-28-50)47-21-13-43(14-22-47)7-5-41-9-17-45(18-10-41)46-19-11-42(12-20-46)6-8-44-15-23-48(24-16-44)58(51-29-37-55(61-3)38-30-51)52-31-39-56(62-4)40-32-52/h5-40H,1-4H3/b7-5+,8-6?. The second-order valence-electron chi connectivity index (χ2n) is 14.6. The van der Waals surface area contributed by atoms with Crippen LogP contribution >= 0.6 is 0 Å². The lowest BCUT2D eigenvalue weighted by Gasteiger charge is -2.26. The number of hydrogen-bond donors (Lipinski definition) is 0. The molecule has 6 heteroatoms. The van der Waals surface area contributed by atoms with Gasteiger partial charge in [0.25, 0.3) is 0 Å². The van der Waals surface area contributed by atoms with Crippen molar-refractivity contribution >= 4 is 58.4 Å². The lowest BCUT2D eigenvalue weighted by atomic mass is 10.0. The summed E-state index contributed by atoms with van der Waals surface area (Å²) in [5.74, 6) is 3.27. The zero-order chi connectivity index (χ0) is 42.7. The number of nitrogens with zero attached hydrogens (tertiary/aromatic N) is 2. The molecule has 0 N–H and O–H groups in total. The van der Waals surface area contributed by atoms with Gasteiger partial charge in [-0.1, -0.05) is 97.1 Å². The van der Waals surface area contributed by atoms with E-state index < -0.39 is 0 Å². The quantitative estimate of drug-likeness (QED) is 0.0961. The topological polar surface area (TPSA) is 43.4 Å². The minimum atomic E-state index is 0.818. The molecule has 8 rings (SSSR count). The highest BCUT2D eigenvalue weighted by atomic mass is 16.5. The summed E-state index contributed by atoms with van der Waals surface area (Å²) in [6.45, 7) is 0. The molecule has 306 valence electrons. The van der Waals surface area contributed by atoms with Crippen LogP contribution in [0.4, 0.5) is 34.1 Å². The Morgan fingerprint density at radius 2 is 0.419 bits per heavy atom. The Labute approximate surface area is 364 Å². The van der Waals surface area contributed by atoms with Gasteiger partial charge in [0, 0.05) is 34.1 Å². The summed E-state index contributed by atoms with van der Waals surface area (Å²) in [5.41, 5.74) is 13.1. The van der Waals surface area contributed by atoms with Crippen molar-refractivity contribution in [2.45, 2.75) is 0 Å². The van der Waals surface area contributed by atoms with Gasteiger partial charge < -0.3 is 28.7 Å². The first-order valence-electron chi connectivity index (χ1n) is 20.4. The average molecular weight is 813 g/mol. The Morgan fingerprint density at radius 1 is 0.242 bits per heavy atom. The van der Waals surface area contributed by atoms with Gasteiger partial charge in [0.2, 0.25) is 0 Å². The van der Waals surface area contributed by atoms with Gasteiger partial charge in [-0.05, 0) is 155 Å². The Morgan fingerprint density at radius 3 is 0.613 bits per heavy atom. The van der Waals surface area contributed by atoms with E-state index in [1.807, 2.05) is 48.5 Å². The Hall–Kier alpha value is -7.96. The maximum atomic E-state index is 5.41. The van der Waals surface area contributed by atoms with E-state index in [1.54, 1.807) is 28.4 Å². The maximum absolute atomic E-state index is 5.41. The first-order valence-corrected chi connectivity index (χ1v) is 20.4. The molecular weight excluding hydrogens is 765 g/mol. The van der Waals surface area contributed by atoms with Crippen molar-refractivity contribution in [2.75, 3.05) is 38.2 Å². The molecular formula is C56H48N2O4. The fourth-order valence-electron chi connectivity index (χ4n) is 7.25. The van der Waals surface area contributed by atoms with Gasteiger partial charge in [0.1, 0.15) is 23.0 Å². The fraction of sp³-hybridized carbons (Fsp3) is 0.0714. The van der Waals surface area contributed by atoms with Gasteiger partial charge in [0.05, 0.1) is 28.4 Å². The van der Waals surface area contributed by atoms with Crippen molar-refractivity contribution in [3.8, 4) is 34.1 Å². The second-order valence-corrected chi connectivity index (χ2v) is 14.6. The minimum Gasteiger partial charge on any atom is -0.497 e. The van der Waals surface area contributed by atoms with Gasteiger partial charge in [-0.2, -0.15) is 0 Å². The van der Waals surface area contributed by atoms with Crippen LogP contribution in [0.25, 0.3) is 35.4 Å². The molecule has 0 spiro atoms. The van der Waals surface area contributed by atoms with Gasteiger partial charge in [0.15, 0.2) is 0 Å². The molecule has 0 atom stereocenters. The van der Waals surface area contributed by atoms with Crippen LogP contribution in [0.5, 0.6) is 23.0 Å². The van der Waals surface area contributed by atoms with Gasteiger partial charge >= 0.3 is 0 Å². The third kappa shape index (κ3) is 9.73. The number of anilines is 6. The molecule has 0 unspecified atom stereocenters. The number of methoxy groups -OCH3 is 4. The molecule has 0 bridgehead atoms. The van der Waals surface area contributed by atoms with Crippen LogP contribution in [-0.2, 0) is 0 Å². The lowest BCUT2D eigenvalue weighted by molar-refractivity contribution is 0.414. The number of ether oxygens (including phenoxy) is 4. The zero-order valence-corrected chi connectivity index (χ0v) is 35.3. The van der Waals surface area contributed by atoms with E-state index in [1.165, 1.54) is 11.1 Å². The maximum Gasteiger partial charge on any atom is 0.119 e. The van der Waals surface area contributed by atoms with Gasteiger partial charge in [-0.25, -0.2) is 0 Å². The van der Waals surface area contributed by atoms with Crippen molar-refractivity contribution < 1.29 is 18.9 Å². The third-order valence-electron chi connectivity index (χ3n) is 10.7. The molecule has 0 aromatic heterocycles. The van der Waals surface area contributed by atoms with Crippen LogP contribution in [-0.4, -0.2) is 28.4 Å². The Balaban J connectivity index is 0.909. The van der Waals surface area contributed by atoms with E-state index in [9.17, 15) is 0 Å². The minimum absolute atomic E-state index is 0.818. The zero-order valence-electron chi connectivity index (χ0n) is 35.3. The van der Waals surface area contributed by atoms with Gasteiger partial charge in [-0.15, -0.1) is 0 Å². The number of benzene rings is 8. The van der Waals surface area contributed by atoms with Crippen molar-refractivity contribution in [1.82, 2.24) is 0 Å². The summed E-state index contributed by atoms with van der Waals surface area (Å²) in [5, 5.41) is 0. The van der Waals surface area contributed by atoms with Crippen LogP contribution < -0.4 is 28.7 Å². The highest BCUT2D eigenvalue weighted by molar-refractivity contribution is 5.81. The molecule has 6 nitrogen and oxygen atoms in total. The van der Waals surface area contributed by atoms with E-state index in [0.717, 1.165) is 79.4 Å². The molecule has 0 aliphatic carbocycles.